The Balaban J connectivity index is 1.85. The molecule has 27 heavy (non-hydrogen) atoms. The fourth-order valence-electron chi connectivity index (χ4n) is 3.15. The molecule has 0 fully saturated rings. The van der Waals surface area contributed by atoms with E-state index in [1.165, 1.54) is 23.9 Å². The fraction of sp³-hybridized carbons (Fsp3) is 0.250. The first-order valence-corrected chi connectivity index (χ1v) is 9.82. The summed E-state index contributed by atoms with van der Waals surface area (Å²) >= 11 is 1.52. The van der Waals surface area contributed by atoms with Crippen LogP contribution in [-0.4, -0.2) is 19.2 Å². The van der Waals surface area contributed by atoms with Gasteiger partial charge < -0.3 is 0 Å². The van der Waals surface area contributed by atoms with E-state index < -0.39 is 0 Å². The zero-order valence-electron chi connectivity index (χ0n) is 15.1. The Kier molecular flexibility index (Phi) is 4.70. The van der Waals surface area contributed by atoms with Crippen molar-refractivity contribution in [1.82, 2.24) is 19.2 Å². The lowest BCUT2D eigenvalue weighted by atomic mass is 10.1. The van der Waals surface area contributed by atoms with Crippen molar-refractivity contribution in [1.29, 1.82) is 0 Å². The average Bonchev–Trinajstić information content (AvgIpc) is 3.08. The molecule has 0 spiro atoms. The van der Waals surface area contributed by atoms with E-state index in [9.17, 15) is 9.18 Å². The van der Waals surface area contributed by atoms with Crippen LogP contribution in [-0.2, 0) is 12.3 Å². The van der Waals surface area contributed by atoms with Crippen molar-refractivity contribution < 1.29 is 4.39 Å². The summed E-state index contributed by atoms with van der Waals surface area (Å²) in [5.41, 5.74) is 2.81. The summed E-state index contributed by atoms with van der Waals surface area (Å²) < 4.78 is 16.7. The van der Waals surface area contributed by atoms with Crippen LogP contribution in [0.5, 0.6) is 0 Å². The van der Waals surface area contributed by atoms with Crippen molar-refractivity contribution in [2.24, 2.45) is 0 Å². The maximum Gasteiger partial charge on any atom is 0.262 e. The molecule has 4 aromatic rings. The lowest BCUT2D eigenvalue weighted by Gasteiger charge is -2.11. The summed E-state index contributed by atoms with van der Waals surface area (Å²) in [6, 6.07) is 12.3. The minimum absolute atomic E-state index is 0.0365. The lowest BCUT2D eigenvalue weighted by Crippen LogP contribution is -2.23. The molecule has 2 aromatic carbocycles. The molecule has 0 saturated heterocycles. The predicted molar refractivity (Wildman–Crippen MR) is 106 cm³/mol. The third-order valence-corrected chi connectivity index (χ3v) is 5.45. The Bertz CT molecular complexity index is 1180. The largest absolute Gasteiger partial charge is 0.276 e. The first-order chi connectivity index (χ1) is 13.1. The molecular formula is C20H19FN4OS. The molecule has 2 heterocycles. The first-order valence-electron chi connectivity index (χ1n) is 8.84. The van der Waals surface area contributed by atoms with Crippen LogP contribution < -0.4 is 5.56 Å². The van der Waals surface area contributed by atoms with Crippen LogP contribution in [0.4, 0.5) is 4.39 Å². The summed E-state index contributed by atoms with van der Waals surface area (Å²) in [6.45, 7) is 4.60. The zero-order chi connectivity index (χ0) is 19.0. The Morgan fingerprint density at radius 1 is 1.11 bits per heavy atom. The predicted octanol–water partition coefficient (Wildman–Crippen LogP) is 4.19. The molecule has 0 amide bonds. The van der Waals surface area contributed by atoms with Gasteiger partial charge >= 0.3 is 0 Å². The van der Waals surface area contributed by atoms with Crippen LogP contribution in [0.2, 0.25) is 0 Å². The van der Waals surface area contributed by atoms with Crippen molar-refractivity contribution in [2.45, 2.75) is 37.7 Å². The van der Waals surface area contributed by atoms with Gasteiger partial charge in [-0.3, -0.25) is 13.8 Å². The van der Waals surface area contributed by atoms with E-state index in [1.807, 2.05) is 36.4 Å². The van der Waals surface area contributed by atoms with E-state index in [1.54, 1.807) is 16.7 Å². The minimum atomic E-state index is -0.248. The highest BCUT2D eigenvalue weighted by Gasteiger charge is 2.16. The van der Waals surface area contributed by atoms with Crippen LogP contribution in [0, 0.1) is 12.7 Å². The fourth-order valence-corrected chi connectivity index (χ4v) is 4.04. The van der Waals surface area contributed by atoms with Crippen molar-refractivity contribution in [2.75, 3.05) is 0 Å². The number of thioether (sulfide) groups is 1. The van der Waals surface area contributed by atoms with Crippen LogP contribution in [0.1, 0.15) is 24.5 Å². The van der Waals surface area contributed by atoms with Crippen LogP contribution in [0.3, 0.4) is 0 Å². The summed E-state index contributed by atoms with van der Waals surface area (Å²) in [7, 11) is 0. The zero-order valence-corrected chi connectivity index (χ0v) is 16.0. The maximum atomic E-state index is 13.1. The number of hydrogen-bond donors (Lipinski definition) is 0. The highest BCUT2D eigenvalue weighted by Crippen LogP contribution is 2.25. The van der Waals surface area contributed by atoms with Gasteiger partial charge in [0.25, 0.3) is 5.56 Å². The molecule has 0 unspecified atom stereocenters. The van der Waals surface area contributed by atoms with Gasteiger partial charge in [-0.05, 0) is 43.2 Å². The summed E-state index contributed by atoms with van der Waals surface area (Å²) in [5.74, 6) is 0.947. The molecule has 2 aromatic heterocycles. The van der Waals surface area contributed by atoms with Gasteiger partial charge in [0.05, 0.1) is 10.9 Å². The van der Waals surface area contributed by atoms with Crippen molar-refractivity contribution in [3.63, 3.8) is 0 Å². The summed E-state index contributed by atoms with van der Waals surface area (Å²) in [4.78, 5) is 12.9. The van der Waals surface area contributed by atoms with Gasteiger partial charge in [0.1, 0.15) is 5.82 Å². The molecule has 0 aliphatic carbocycles. The number of aromatic nitrogens is 4. The van der Waals surface area contributed by atoms with Gasteiger partial charge in [-0.25, -0.2) is 4.39 Å². The summed E-state index contributed by atoms with van der Waals surface area (Å²) in [5, 5.41) is 10.0. The second-order valence-electron chi connectivity index (χ2n) is 6.51. The highest BCUT2D eigenvalue weighted by molar-refractivity contribution is 7.98. The molecule has 138 valence electrons. The number of benzene rings is 2. The van der Waals surface area contributed by atoms with Crippen molar-refractivity contribution in [3.8, 4) is 0 Å². The molecule has 0 bridgehead atoms. The van der Waals surface area contributed by atoms with Crippen molar-refractivity contribution in [3.05, 3.63) is 69.8 Å². The van der Waals surface area contributed by atoms with E-state index in [0.29, 0.717) is 28.6 Å². The molecule has 5 nitrogen and oxygen atoms in total. The molecule has 0 aliphatic heterocycles. The standard InChI is InChI=1S/C20H19FN4OS/c1-3-10-24-18(26)16-11-13(2)4-9-17(16)25-19(24)22-23-20(25)27-12-14-5-7-15(21)8-6-14/h4-9,11H,3,10,12H2,1-2H3. The van der Waals surface area contributed by atoms with Gasteiger partial charge in [0.15, 0.2) is 5.16 Å². The second kappa shape index (κ2) is 7.15. The quantitative estimate of drug-likeness (QED) is 0.486. The number of hydrogen-bond acceptors (Lipinski definition) is 4. The molecule has 0 saturated carbocycles. The van der Waals surface area contributed by atoms with E-state index >= 15 is 0 Å². The molecular weight excluding hydrogens is 363 g/mol. The Morgan fingerprint density at radius 3 is 2.63 bits per heavy atom. The third-order valence-electron chi connectivity index (χ3n) is 4.45. The first kappa shape index (κ1) is 17.7. The number of halogens is 1. The minimum Gasteiger partial charge on any atom is -0.276 e. The van der Waals surface area contributed by atoms with E-state index in [4.69, 9.17) is 0 Å². The average molecular weight is 382 g/mol. The number of fused-ring (bicyclic) bond motifs is 3. The van der Waals surface area contributed by atoms with Gasteiger partial charge in [0, 0.05) is 12.3 Å². The Labute approximate surface area is 159 Å². The van der Waals surface area contributed by atoms with Crippen molar-refractivity contribution >= 4 is 28.4 Å². The number of nitrogens with zero attached hydrogens (tertiary/aromatic N) is 4. The normalized spacial score (nSPS) is 11.5. The molecule has 0 N–H and O–H groups in total. The smallest absolute Gasteiger partial charge is 0.262 e. The highest BCUT2D eigenvalue weighted by atomic mass is 32.2. The molecule has 0 aliphatic rings. The van der Waals surface area contributed by atoms with E-state index in [-0.39, 0.29) is 11.4 Å². The molecule has 7 heteroatoms. The Morgan fingerprint density at radius 2 is 1.89 bits per heavy atom. The monoisotopic (exact) mass is 382 g/mol. The van der Waals surface area contributed by atoms with E-state index in [2.05, 4.69) is 10.2 Å². The molecule has 0 radical (unpaired) electrons. The van der Waals surface area contributed by atoms with Crippen LogP contribution in [0.15, 0.2) is 52.4 Å². The maximum absolute atomic E-state index is 13.1. The van der Waals surface area contributed by atoms with Gasteiger partial charge in [0.2, 0.25) is 5.78 Å². The number of rotatable bonds is 5. The summed E-state index contributed by atoms with van der Waals surface area (Å²) in [6.07, 6.45) is 0.831. The van der Waals surface area contributed by atoms with Gasteiger partial charge in [-0.2, -0.15) is 0 Å². The van der Waals surface area contributed by atoms with Crippen LogP contribution in [0.25, 0.3) is 16.7 Å². The molecule has 4 rings (SSSR count). The number of aryl methyl sites for hydroxylation is 2. The topological polar surface area (TPSA) is 52.2 Å². The lowest BCUT2D eigenvalue weighted by molar-refractivity contribution is 0.627. The van der Waals surface area contributed by atoms with Crippen LogP contribution >= 0.6 is 11.8 Å². The van der Waals surface area contributed by atoms with Gasteiger partial charge in [-0.1, -0.05) is 42.4 Å². The molecule has 0 atom stereocenters. The van der Waals surface area contributed by atoms with E-state index in [0.717, 1.165) is 23.1 Å². The second-order valence-corrected chi connectivity index (χ2v) is 7.45. The SMILES string of the molecule is CCCn1c(=O)c2cc(C)ccc2n2c(SCc3ccc(F)cc3)nnc12. The Hall–Kier alpha value is -2.67. The third kappa shape index (κ3) is 3.23. The van der Waals surface area contributed by atoms with Gasteiger partial charge in [-0.15, -0.1) is 10.2 Å².